The van der Waals surface area contributed by atoms with Gasteiger partial charge < -0.3 is 0 Å². The normalized spacial score (nSPS) is 25.1. The number of benzene rings is 1. The lowest BCUT2D eigenvalue weighted by Crippen LogP contribution is -2.39. The van der Waals surface area contributed by atoms with Gasteiger partial charge in [-0.05, 0) is 38.5 Å². The van der Waals surface area contributed by atoms with Crippen LogP contribution in [0.1, 0.15) is 32.3 Å². The summed E-state index contributed by atoms with van der Waals surface area (Å²) in [7, 11) is 0. The minimum absolute atomic E-state index is 0.0744. The second kappa shape index (κ2) is 4.91. The van der Waals surface area contributed by atoms with Gasteiger partial charge in [-0.1, -0.05) is 23.7 Å². The van der Waals surface area contributed by atoms with Gasteiger partial charge in [0, 0.05) is 29.6 Å². The zero-order valence-corrected chi connectivity index (χ0v) is 11.9. The smallest absolute Gasteiger partial charge is 0.0676 e. The molecule has 18 heavy (non-hydrogen) atoms. The van der Waals surface area contributed by atoms with Gasteiger partial charge in [0.2, 0.25) is 0 Å². The van der Waals surface area contributed by atoms with Crippen LogP contribution in [0.25, 0.3) is 0 Å². The van der Waals surface area contributed by atoms with Gasteiger partial charge in [-0.15, -0.1) is 0 Å². The number of nitrogens with zero attached hydrogens (tertiary/aromatic N) is 2. The van der Waals surface area contributed by atoms with E-state index in [2.05, 4.69) is 31.7 Å². The first-order valence-electron chi connectivity index (χ1n) is 6.32. The van der Waals surface area contributed by atoms with Crippen molar-refractivity contribution in [2.24, 2.45) is 5.92 Å². The predicted molar refractivity (Wildman–Crippen MR) is 74.6 cm³/mol. The molecule has 0 saturated carbocycles. The van der Waals surface area contributed by atoms with E-state index >= 15 is 0 Å². The molecule has 0 radical (unpaired) electrons. The van der Waals surface area contributed by atoms with Crippen LogP contribution in [0.3, 0.4) is 0 Å². The second-order valence-corrected chi connectivity index (χ2v) is 6.41. The van der Waals surface area contributed by atoms with Gasteiger partial charge in [0.25, 0.3) is 0 Å². The molecule has 0 unspecified atom stereocenters. The van der Waals surface area contributed by atoms with E-state index in [9.17, 15) is 5.26 Å². The molecule has 1 aromatic carbocycles. The van der Waals surface area contributed by atoms with Crippen molar-refractivity contribution in [1.82, 2.24) is 4.90 Å². The number of rotatable bonds is 1. The summed E-state index contributed by atoms with van der Waals surface area (Å²) in [6.07, 6.45) is 0. The van der Waals surface area contributed by atoms with Gasteiger partial charge in [0.1, 0.15) is 0 Å². The molecule has 0 amide bonds. The topological polar surface area (TPSA) is 27.0 Å². The van der Waals surface area contributed by atoms with Crippen molar-refractivity contribution in [2.75, 3.05) is 13.1 Å². The van der Waals surface area contributed by atoms with E-state index in [1.165, 1.54) is 5.56 Å². The molecule has 0 aliphatic carbocycles. The minimum Gasteiger partial charge on any atom is -0.297 e. The Kier molecular flexibility index (Phi) is 3.66. The van der Waals surface area contributed by atoms with Crippen molar-refractivity contribution >= 4 is 11.6 Å². The number of hydrogen-bond acceptors (Lipinski definition) is 2. The summed E-state index contributed by atoms with van der Waals surface area (Å²) in [6, 6.07) is 10.4. The third-order valence-electron chi connectivity index (χ3n) is 3.73. The Morgan fingerprint density at radius 3 is 2.33 bits per heavy atom. The van der Waals surface area contributed by atoms with E-state index in [1.54, 1.807) is 0 Å². The summed E-state index contributed by atoms with van der Waals surface area (Å²) in [5, 5.41) is 10.1. The Balaban J connectivity index is 2.23. The maximum absolute atomic E-state index is 9.33. The van der Waals surface area contributed by atoms with E-state index in [0.29, 0.717) is 5.92 Å². The van der Waals surface area contributed by atoms with Gasteiger partial charge in [-0.3, -0.25) is 4.90 Å². The zero-order chi connectivity index (χ0) is 13.3. The van der Waals surface area contributed by atoms with Crippen molar-refractivity contribution in [1.29, 1.82) is 5.26 Å². The molecule has 3 heteroatoms. The number of likely N-dealkylation sites (tertiary alicyclic amines) is 1. The van der Waals surface area contributed by atoms with Crippen LogP contribution < -0.4 is 0 Å². The van der Waals surface area contributed by atoms with Crippen LogP contribution in [0.2, 0.25) is 5.02 Å². The molecule has 1 heterocycles. The predicted octanol–water partition coefficient (Wildman–Crippen LogP) is 3.68. The van der Waals surface area contributed by atoms with Crippen molar-refractivity contribution < 1.29 is 0 Å². The highest BCUT2D eigenvalue weighted by Gasteiger charge is 2.38. The highest BCUT2D eigenvalue weighted by molar-refractivity contribution is 6.30. The monoisotopic (exact) mass is 262 g/mol. The SMILES string of the molecule is CC(C)(C)N1C[C@H](C#N)[C@H](c2ccc(Cl)cc2)C1. The molecule has 1 aliphatic heterocycles. The minimum atomic E-state index is 0.0744. The molecule has 1 aromatic rings. The average molecular weight is 263 g/mol. The Morgan fingerprint density at radius 1 is 1.22 bits per heavy atom. The zero-order valence-electron chi connectivity index (χ0n) is 11.2. The van der Waals surface area contributed by atoms with Crippen LogP contribution >= 0.6 is 11.6 Å². The first kappa shape index (κ1) is 13.4. The lowest BCUT2D eigenvalue weighted by atomic mass is 9.90. The fourth-order valence-electron chi connectivity index (χ4n) is 2.53. The van der Waals surface area contributed by atoms with Crippen LogP contribution in [0.15, 0.2) is 24.3 Å². The van der Waals surface area contributed by atoms with Crippen LogP contribution in [-0.4, -0.2) is 23.5 Å². The van der Waals surface area contributed by atoms with Gasteiger partial charge in [0.05, 0.1) is 12.0 Å². The van der Waals surface area contributed by atoms with Crippen molar-refractivity contribution in [3.63, 3.8) is 0 Å². The lowest BCUT2D eigenvalue weighted by molar-refractivity contribution is 0.170. The molecule has 0 bridgehead atoms. The van der Waals surface area contributed by atoms with Crippen molar-refractivity contribution in [3.8, 4) is 6.07 Å². The summed E-state index contributed by atoms with van der Waals surface area (Å²) >= 11 is 5.91. The number of nitriles is 1. The first-order chi connectivity index (χ1) is 8.41. The Hall–Kier alpha value is -1.04. The molecule has 1 fully saturated rings. The van der Waals surface area contributed by atoms with Gasteiger partial charge in [0.15, 0.2) is 0 Å². The Morgan fingerprint density at radius 2 is 1.83 bits per heavy atom. The standard InChI is InChI=1S/C15H19ClN2/c1-15(2,3)18-9-12(8-17)14(10-18)11-4-6-13(16)7-5-11/h4-7,12,14H,9-10H2,1-3H3/t12-,14-/m0/s1. The van der Waals surface area contributed by atoms with E-state index in [-0.39, 0.29) is 11.5 Å². The summed E-state index contributed by atoms with van der Waals surface area (Å²) in [4.78, 5) is 2.39. The number of halogens is 1. The van der Waals surface area contributed by atoms with Crippen LogP contribution in [0, 0.1) is 17.2 Å². The quantitative estimate of drug-likeness (QED) is 0.772. The molecular formula is C15H19ClN2. The van der Waals surface area contributed by atoms with E-state index < -0.39 is 0 Å². The maximum atomic E-state index is 9.33. The van der Waals surface area contributed by atoms with Crippen LogP contribution in [0.4, 0.5) is 0 Å². The number of hydrogen-bond donors (Lipinski definition) is 0. The molecule has 2 rings (SSSR count). The molecule has 0 spiro atoms. The van der Waals surface area contributed by atoms with Gasteiger partial charge >= 0.3 is 0 Å². The van der Waals surface area contributed by atoms with E-state index in [4.69, 9.17) is 11.6 Å². The largest absolute Gasteiger partial charge is 0.297 e. The maximum Gasteiger partial charge on any atom is 0.0676 e. The summed E-state index contributed by atoms with van der Waals surface area (Å²) in [5.41, 5.74) is 1.34. The third-order valence-corrected chi connectivity index (χ3v) is 3.98. The molecule has 96 valence electrons. The van der Waals surface area contributed by atoms with Crippen molar-refractivity contribution in [2.45, 2.75) is 32.2 Å². The van der Waals surface area contributed by atoms with Crippen LogP contribution in [0.5, 0.6) is 0 Å². The summed E-state index contributed by atoms with van der Waals surface area (Å²) < 4.78 is 0. The van der Waals surface area contributed by atoms with Gasteiger partial charge in [-0.25, -0.2) is 0 Å². The molecule has 0 N–H and O–H groups in total. The van der Waals surface area contributed by atoms with E-state index in [1.807, 2.05) is 24.3 Å². The highest BCUT2D eigenvalue weighted by atomic mass is 35.5. The average Bonchev–Trinajstić information content (AvgIpc) is 2.73. The Bertz CT molecular complexity index is 453. The molecule has 2 nitrogen and oxygen atoms in total. The lowest BCUT2D eigenvalue weighted by Gasteiger charge is -2.31. The summed E-state index contributed by atoms with van der Waals surface area (Å²) in [6.45, 7) is 8.40. The molecular weight excluding hydrogens is 244 g/mol. The second-order valence-electron chi connectivity index (χ2n) is 5.97. The molecule has 2 atom stereocenters. The molecule has 1 saturated heterocycles. The third kappa shape index (κ3) is 2.68. The van der Waals surface area contributed by atoms with E-state index in [0.717, 1.165) is 18.1 Å². The molecule has 0 aromatic heterocycles. The first-order valence-corrected chi connectivity index (χ1v) is 6.70. The van der Waals surface area contributed by atoms with Crippen LogP contribution in [-0.2, 0) is 0 Å². The van der Waals surface area contributed by atoms with Gasteiger partial charge in [-0.2, -0.15) is 5.26 Å². The van der Waals surface area contributed by atoms with Crippen molar-refractivity contribution in [3.05, 3.63) is 34.9 Å². The fraction of sp³-hybridized carbons (Fsp3) is 0.533. The molecule has 1 aliphatic rings. The highest BCUT2D eigenvalue weighted by Crippen LogP contribution is 2.36. The summed E-state index contributed by atoms with van der Waals surface area (Å²) in [5.74, 6) is 0.372. The Labute approximate surface area is 114 Å². The fourth-order valence-corrected chi connectivity index (χ4v) is 2.66.